The Balaban J connectivity index is 2.12. The average Bonchev–Trinajstić information content (AvgIpc) is 2.31. The fraction of sp³-hybridized carbons (Fsp3) is 0.333. The number of hydrogen-bond acceptors (Lipinski definition) is 4. The van der Waals surface area contributed by atoms with Gasteiger partial charge in [-0.05, 0) is 18.6 Å². The summed E-state index contributed by atoms with van der Waals surface area (Å²) in [4.78, 5) is 16.8. The van der Waals surface area contributed by atoms with Gasteiger partial charge in [0, 0.05) is 30.9 Å². The lowest BCUT2D eigenvalue weighted by Crippen LogP contribution is -2.00. The van der Waals surface area contributed by atoms with Crippen molar-refractivity contribution in [3.05, 3.63) is 48.1 Å². The highest BCUT2D eigenvalue weighted by molar-refractivity contribution is 5.12. The van der Waals surface area contributed by atoms with Crippen LogP contribution in [0.2, 0.25) is 0 Å². The molecule has 2 heterocycles. The van der Waals surface area contributed by atoms with Crippen LogP contribution in [0.4, 0.5) is 0 Å². The second-order valence-electron chi connectivity index (χ2n) is 3.59. The van der Waals surface area contributed by atoms with Crippen molar-refractivity contribution in [1.29, 1.82) is 0 Å². The molecule has 0 radical (unpaired) electrons. The van der Waals surface area contributed by atoms with Crippen LogP contribution in [0.5, 0.6) is 0 Å². The van der Waals surface area contributed by atoms with Crippen LogP contribution in [0.1, 0.15) is 30.6 Å². The van der Waals surface area contributed by atoms with E-state index in [1.807, 2.05) is 18.3 Å². The summed E-state index contributed by atoms with van der Waals surface area (Å²) in [5.74, 6) is 0.911. The van der Waals surface area contributed by atoms with Gasteiger partial charge in [-0.25, -0.2) is 19.9 Å². The van der Waals surface area contributed by atoms with Crippen LogP contribution in [0, 0.1) is 0 Å². The maximum absolute atomic E-state index is 4.49. The number of nitrogens with zero attached hydrogens (tertiary/aromatic N) is 4. The van der Waals surface area contributed by atoms with Crippen molar-refractivity contribution in [2.75, 3.05) is 0 Å². The van der Waals surface area contributed by atoms with Gasteiger partial charge in [0.1, 0.15) is 12.2 Å². The molecule has 0 amide bonds. The summed E-state index contributed by atoms with van der Waals surface area (Å²) >= 11 is 0. The molecule has 4 heteroatoms. The minimum absolute atomic E-state index is 0.738. The van der Waals surface area contributed by atoms with Crippen molar-refractivity contribution >= 4 is 0 Å². The molecular formula is C12H14N4. The molecular weight excluding hydrogens is 200 g/mol. The molecule has 82 valence electrons. The molecule has 0 saturated heterocycles. The summed E-state index contributed by atoms with van der Waals surface area (Å²) in [5, 5.41) is 0. The van der Waals surface area contributed by atoms with Gasteiger partial charge in [0.15, 0.2) is 0 Å². The van der Waals surface area contributed by atoms with Crippen LogP contribution in [0.3, 0.4) is 0 Å². The largest absolute Gasteiger partial charge is 0.245 e. The van der Waals surface area contributed by atoms with Gasteiger partial charge in [-0.1, -0.05) is 6.92 Å². The lowest BCUT2D eigenvalue weighted by Gasteiger charge is -2.02. The zero-order valence-corrected chi connectivity index (χ0v) is 9.30. The summed E-state index contributed by atoms with van der Waals surface area (Å²) in [5.41, 5.74) is 1.99. The monoisotopic (exact) mass is 214 g/mol. The van der Waals surface area contributed by atoms with E-state index in [-0.39, 0.29) is 0 Å². The van der Waals surface area contributed by atoms with Gasteiger partial charge in [-0.2, -0.15) is 0 Å². The zero-order chi connectivity index (χ0) is 11.2. The van der Waals surface area contributed by atoms with Crippen LogP contribution in [0.25, 0.3) is 0 Å². The smallest absolute Gasteiger partial charge is 0.128 e. The van der Waals surface area contributed by atoms with Crippen molar-refractivity contribution in [2.45, 2.75) is 26.2 Å². The molecule has 2 aromatic rings. The van der Waals surface area contributed by atoms with Gasteiger partial charge in [0.25, 0.3) is 0 Å². The van der Waals surface area contributed by atoms with E-state index in [0.29, 0.717) is 0 Å². The molecule has 0 aliphatic carbocycles. The predicted octanol–water partition coefficient (Wildman–Crippen LogP) is 1.81. The van der Waals surface area contributed by atoms with Crippen molar-refractivity contribution in [1.82, 2.24) is 19.9 Å². The molecule has 0 aliphatic rings. The van der Waals surface area contributed by atoms with Gasteiger partial charge >= 0.3 is 0 Å². The summed E-state index contributed by atoms with van der Waals surface area (Å²) < 4.78 is 0. The molecule has 4 nitrogen and oxygen atoms in total. The minimum Gasteiger partial charge on any atom is -0.245 e. The van der Waals surface area contributed by atoms with Crippen molar-refractivity contribution in [3.8, 4) is 0 Å². The van der Waals surface area contributed by atoms with Crippen LogP contribution in [-0.4, -0.2) is 19.9 Å². The Labute approximate surface area is 94.8 Å². The van der Waals surface area contributed by atoms with E-state index in [4.69, 9.17) is 0 Å². The highest BCUT2D eigenvalue weighted by Gasteiger charge is 2.00. The highest BCUT2D eigenvalue weighted by atomic mass is 14.9. The predicted molar refractivity (Wildman–Crippen MR) is 60.9 cm³/mol. The molecule has 0 atom stereocenters. The normalized spacial score (nSPS) is 10.3. The molecule has 0 N–H and O–H groups in total. The summed E-state index contributed by atoms with van der Waals surface area (Å²) in [6.07, 6.45) is 7.85. The van der Waals surface area contributed by atoms with Gasteiger partial charge in [0.2, 0.25) is 0 Å². The zero-order valence-electron chi connectivity index (χ0n) is 9.30. The Morgan fingerprint density at radius 2 is 1.94 bits per heavy atom. The average molecular weight is 214 g/mol. The van der Waals surface area contributed by atoms with Gasteiger partial charge in [0.05, 0.1) is 5.69 Å². The van der Waals surface area contributed by atoms with Crippen LogP contribution < -0.4 is 0 Å². The number of aryl methyl sites for hydroxylation is 1. The fourth-order valence-corrected chi connectivity index (χ4v) is 1.49. The van der Waals surface area contributed by atoms with Crippen LogP contribution in [-0.2, 0) is 12.8 Å². The van der Waals surface area contributed by atoms with Gasteiger partial charge in [-0.3, -0.25) is 0 Å². The SMILES string of the molecule is CCCc1nccc(Cc2ccncn2)n1. The summed E-state index contributed by atoms with van der Waals surface area (Å²) in [7, 11) is 0. The lowest BCUT2D eigenvalue weighted by atomic mass is 10.2. The number of aromatic nitrogens is 4. The Kier molecular flexibility index (Phi) is 3.53. The Bertz CT molecular complexity index is 442. The molecule has 0 bridgehead atoms. The molecule has 0 aliphatic heterocycles. The van der Waals surface area contributed by atoms with E-state index in [9.17, 15) is 0 Å². The standard InChI is InChI=1S/C12H14N4/c1-2-3-12-14-7-5-11(16-12)8-10-4-6-13-9-15-10/h4-7,9H,2-3,8H2,1H3. The second kappa shape index (κ2) is 5.30. The van der Waals surface area contributed by atoms with Gasteiger partial charge < -0.3 is 0 Å². The molecule has 0 fully saturated rings. The molecule has 16 heavy (non-hydrogen) atoms. The highest BCUT2D eigenvalue weighted by Crippen LogP contribution is 2.04. The molecule has 0 spiro atoms. The third kappa shape index (κ3) is 2.82. The Hall–Kier alpha value is -1.84. The minimum atomic E-state index is 0.738. The first-order valence-corrected chi connectivity index (χ1v) is 5.44. The van der Waals surface area contributed by atoms with Gasteiger partial charge in [-0.15, -0.1) is 0 Å². The number of rotatable bonds is 4. The molecule has 0 saturated carbocycles. The van der Waals surface area contributed by atoms with Crippen molar-refractivity contribution in [2.24, 2.45) is 0 Å². The molecule has 0 aromatic carbocycles. The van der Waals surface area contributed by atoms with Crippen molar-refractivity contribution in [3.63, 3.8) is 0 Å². The van der Waals surface area contributed by atoms with Crippen molar-refractivity contribution < 1.29 is 0 Å². The molecule has 2 rings (SSSR count). The van der Waals surface area contributed by atoms with E-state index in [1.165, 1.54) is 0 Å². The maximum atomic E-state index is 4.49. The first kappa shape index (κ1) is 10.7. The Morgan fingerprint density at radius 1 is 1.06 bits per heavy atom. The topological polar surface area (TPSA) is 51.6 Å². The van der Waals surface area contributed by atoms with Crippen LogP contribution >= 0.6 is 0 Å². The maximum Gasteiger partial charge on any atom is 0.128 e. The first-order chi connectivity index (χ1) is 7.88. The fourth-order valence-electron chi connectivity index (χ4n) is 1.49. The molecule has 0 unspecified atom stereocenters. The third-order valence-electron chi connectivity index (χ3n) is 2.24. The van der Waals surface area contributed by atoms with E-state index >= 15 is 0 Å². The number of hydrogen-bond donors (Lipinski definition) is 0. The lowest BCUT2D eigenvalue weighted by molar-refractivity contribution is 0.814. The van der Waals surface area contributed by atoms with Crippen LogP contribution in [0.15, 0.2) is 30.9 Å². The van der Waals surface area contributed by atoms with E-state index in [0.717, 1.165) is 36.5 Å². The summed E-state index contributed by atoms with van der Waals surface area (Å²) in [6, 6.07) is 3.84. The summed E-state index contributed by atoms with van der Waals surface area (Å²) in [6.45, 7) is 2.13. The van der Waals surface area contributed by atoms with E-state index in [1.54, 1.807) is 12.5 Å². The second-order valence-corrected chi connectivity index (χ2v) is 3.59. The molecule has 2 aromatic heterocycles. The first-order valence-electron chi connectivity index (χ1n) is 5.44. The quantitative estimate of drug-likeness (QED) is 0.778. The van der Waals surface area contributed by atoms with E-state index < -0.39 is 0 Å². The van der Waals surface area contributed by atoms with E-state index in [2.05, 4.69) is 26.9 Å². The third-order valence-corrected chi connectivity index (χ3v) is 2.24. The Morgan fingerprint density at radius 3 is 2.69 bits per heavy atom.